The lowest BCUT2D eigenvalue weighted by atomic mass is 9.97. The summed E-state index contributed by atoms with van der Waals surface area (Å²) in [5.74, 6) is -2.45. The lowest BCUT2D eigenvalue weighted by molar-refractivity contribution is -0.156. The summed E-state index contributed by atoms with van der Waals surface area (Å²) in [6.07, 6.45) is 1.09. The molecule has 7 heteroatoms. The second kappa shape index (κ2) is 6.13. The number of aliphatic carboxylic acids is 1. The fourth-order valence-electron chi connectivity index (χ4n) is 3.68. The van der Waals surface area contributed by atoms with Crippen LogP contribution < -0.4 is 4.90 Å². The summed E-state index contributed by atoms with van der Waals surface area (Å²) in [7, 11) is 0. The monoisotopic (exact) mass is 348 g/mol. The van der Waals surface area contributed by atoms with E-state index in [2.05, 4.69) is 0 Å². The fourth-order valence-corrected chi connectivity index (χ4v) is 3.68. The molecule has 134 valence electrons. The molecule has 0 spiro atoms. The zero-order chi connectivity index (χ0) is 18.4. The normalized spacial score (nSPS) is 26.4. The van der Waals surface area contributed by atoms with Gasteiger partial charge in [-0.1, -0.05) is 0 Å². The smallest absolute Gasteiger partial charge is 0.329 e. The summed E-state index contributed by atoms with van der Waals surface area (Å²) in [5.41, 5.74) is -0.222. The van der Waals surface area contributed by atoms with Crippen molar-refractivity contribution in [2.24, 2.45) is 5.92 Å². The molecule has 2 heterocycles. The highest BCUT2D eigenvalue weighted by molar-refractivity contribution is 6.01. The zero-order valence-electron chi connectivity index (χ0n) is 14.3. The number of anilines is 1. The number of hydrogen-bond donors (Lipinski definition) is 1. The van der Waals surface area contributed by atoms with Gasteiger partial charge in [-0.15, -0.1) is 0 Å². The Bertz CT molecular complexity index is 751. The van der Waals surface area contributed by atoms with Crippen molar-refractivity contribution in [3.63, 3.8) is 0 Å². The molecule has 1 N–H and O–H groups in total. The molecule has 2 unspecified atom stereocenters. The zero-order valence-corrected chi connectivity index (χ0v) is 14.3. The van der Waals surface area contributed by atoms with Crippen molar-refractivity contribution >= 4 is 23.5 Å². The molecule has 2 atom stereocenters. The van der Waals surface area contributed by atoms with Gasteiger partial charge in [0, 0.05) is 25.2 Å². The lowest BCUT2D eigenvalue weighted by Crippen LogP contribution is -2.52. The minimum atomic E-state index is -1.21. The van der Waals surface area contributed by atoms with E-state index in [1.165, 1.54) is 21.9 Å². The van der Waals surface area contributed by atoms with Crippen LogP contribution in [0, 0.1) is 18.7 Å². The molecular weight excluding hydrogens is 327 g/mol. The van der Waals surface area contributed by atoms with Crippen LogP contribution in [0.2, 0.25) is 0 Å². The topological polar surface area (TPSA) is 77.9 Å². The fraction of sp³-hybridized carbons (Fsp3) is 0.500. The Hall–Kier alpha value is -2.44. The predicted molar refractivity (Wildman–Crippen MR) is 88.6 cm³/mol. The number of halogens is 1. The number of benzene rings is 1. The molecule has 2 fully saturated rings. The Labute approximate surface area is 145 Å². The second-order valence-electron chi connectivity index (χ2n) is 7.01. The van der Waals surface area contributed by atoms with E-state index in [4.69, 9.17) is 0 Å². The Morgan fingerprint density at radius 1 is 1.36 bits per heavy atom. The molecule has 0 radical (unpaired) electrons. The van der Waals surface area contributed by atoms with Gasteiger partial charge in [0.25, 0.3) is 0 Å². The molecule has 3 rings (SSSR count). The Morgan fingerprint density at radius 2 is 2.08 bits per heavy atom. The molecule has 1 aromatic carbocycles. The lowest BCUT2D eigenvalue weighted by Gasteiger charge is -2.33. The average molecular weight is 348 g/mol. The van der Waals surface area contributed by atoms with Gasteiger partial charge in [-0.25, -0.2) is 9.18 Å². The molecule has 0 saturated carbocycles. The van der Waals surface area contributed by atoms with Crippen LogP contribution in [-0.2, 0) is 14.4 Å². The van der Waals surface area contributed by atoms with Gasteiger partial charge in [0.2, 0.25) is 11.8 Å². The van der Waals surface area contributed by atoms with E-state index in [0.717, 1.165) is 0 Å². The second-order valence-corrected chi connectivity index (χ2v) is 7.01. The quantitative estimate of drug-likeness (QED) is 0.906. The van der Waals surface area contributed by atoms with Crippen LogP contribution in [0.5, 0.6) is 0 Å². The summed E-state index contributed by atoms with van der Waals surface area (Å²) >= 11 is 0. The first-order valence-electron chi connectivity index (χ1n) is 8.35. The maximum absolute atomic E-state index is 13.4. The van der Waals surface area contributed by atoms with E-state index in [1.807, 2.05) is 0 Å². The number of likely N-dealkylation sites (tertiary alicyclic amines) is 1. The molecule has 0 aliphatic carbocycles. The number of hydrogen-bond acceptors (Lipinski definition) is 3. The van der Waals surface area contributed by atoms with Crippen molar-refractivity contribution in [1.82, 2.24) is 4.90 Å². The van der Waals surface area contributed by atoms with Gasteiger partial charge in [0.05, 0.1) is 5.92 Å². The van der Waals surface area contributed by atoms with E-state index in [0.29, 0.717) is 30.6 Å². The van der Waals surface area contributed by atoms with Gasteiger partial charge in [-0.3, -0.25) is 9.59 Å². The van der Waals surface area contributed by atoms with Crippen molar-refractivity contribution in [2.45, 2.75) is 38.6 Å². The Kier molecular flexibility index (Phi) is 4.26. The SMILES string of the molecule is Cc1cc(N2CC(C(=O)N3CCCC3(C)C(=O)O)CC2=O)ccc1F. The highest BCUT2D eigenvalue weighted by Gasteiger charge is 2.49. The number of carbonyl (C=O) groups excluding carboxylic acids is 2. The van der Waals surface area contributed by atoms with Gasteiger partial charge >= 0.3 is 5.97 Å². The first-order chi connectivity index (χ1) is 11.7. The van der Waals surface area contributed by atoms with Crippen LogP contribution >= 0.6 is 0 Å². The van der Waals surface area contributed by atoms with Gasteiger partial charge < -0.3 is 14.9 Å². The summed E-state index contributed by atoms with van der Waals surface area (Å²) in [5, 5.41) is 9.47. The molecule has 2 aliphatic heterocycles. The first-order valence-corrected chi connectivity index (χ1v) is 8.35. The third kappa shape index (κ3) is 2.88. The third-order valence-corrected chi connectivity index (χ3v) is 5.30. The minimum Gasteiger partial charge on any atom is -0.480 e. The van der Waals surface area contributed by atoms with Crippen molar-refractivity contribution < 1.29 is 23.9 Å². The van der Waals surface area contributed by atoms with Crippen molar-refractivity contribution in [3.05, 3.63) is 29.6 Å². The number of aryl methyl sites for hydroxylation is 1. The molecular formula is C18H21FN2O4. The van der Waals surface area contributed by atoms with E-state index in [1.54, 1.807) is 19.9 Å². The van der Waals surface area contributed by atoms with E-state index >= 15 is 0 Å². The van der Waals surface area contributed by atoms with Gasteiger partial charge in [0.1, 0.15) is 11.4 Å². The number of carboxylic acid groups (broad SMARTS) is 1. The van der Waals surface area contributed by atoms with Crippen LogP contribution in [0.4, 0.5) is 10.1 Å². The summed E-state index contributed by atoms with van der Waals surface area (Å²) in [6, 6.07) is 4.40. The molecule has 2 amide bonds. The maximum Gasteiger partial charge on any atom is 0.329 e. The van der Waals surface area contributed by atoms with Crippen LogP contribution in [0.25, 0.3) is 0 Å². The number of carbonyl (C=O) groups is 3. The maximum atomic E-state index is 13.4. The number of amides is 2. The molecule has 1 aromatic rings. The molecule has 0 aromatic heterocycles. The minimum absolute atomic E-state index is 0.0431. The van der Waals surface area contributed by atoms with Crippen molar-refractivity contribution in [3.8, 4) is 0 Å². The number of rotatable bonds is 3. The summed E-state index contributed by atoms with van der Waals surface area (Å²) in [4.78, 5) is 39.6. The van der Waals surface area contributed by atoms with Crippen molar-refractivity contribution in [2.75, 3.05) is 18.0 Å². The average Bonchev–Trinajstić information content (AvgIpc) is 3.14. The number of carboxylic acids is 1. The Morgan fingerprint density at radius 3 is 2.72 bits per heavy atom. The van der Waals surface area contributed by atoms with Gasteiger partial charge in [0.15, 0.2) is 0 Å². The van der Waals surface area contributed by atoms with E-state index in [-0.39, 0.29) is 30.6 Å². The standard InChI is InChI=1S/C18H21FN2O4/c1-11-8-13(4-5-14(11)19)20-10-12(9-15(20)22)16(23)21-7-3-6-18(21,2)17(24)25/h4-5,8,12H,3,6-7,9-10H2,1-2H3,(H,24,25). The van der Waals surface area contributed by atoms with Gasteiger partial charge in [-0.2, -0.15) is 0 Å². The predicted octanol–water partition coefficient (Wildman–Crippen LogP) is 1.95. The van der Waals surface area contributed by atoms with Gasteiger partial charge in [-0.05, 0) is 50.5 Å². The molecule has 25 heavy (non-hydrogen) atoms. The Balaban J connectivity index is 1.79. The summed E-state index contributed by atoms with van der Waals surface area (Å²) in [6.45, 7) is 3.75. The molecule has 6 nitrogen and oxygen atoms in total. The van der Waals surface area contributed by atoms with Crippen LogP contribution in [-0.4, -0.2) is 46.4 Å². The highest BCUT2D eigenvalue weighted by Crippen LogP contribution is 2.34. The molecule has 2 saturated heterocycles. The van der Waals surface area contributed by atoms with Crippen LogP contribution in [0.1, 0.15) is 31.7 Å². The highest BCUT2D eigenvalue weighted by atomic mass is 19.1. The number of nitrogens with zero attached hydrogens (tertiary/aromatic N) is 2. The van der Waals surface area contributed by atoms with E-state index in [9.17, 15) is 23.9 Å². The molecule has 2 aliphatic rings. The molecule has 0 bridgehead atoms. The third-order valence-electron chi connectivity index (χ3n) is 5.30. The largest absolute Gasteiger partial charge is 0.480 e. The van der Waals surface area contributed by atoms with Crippen LogP contribution in [0.15, 0.2) is 18.2 Å². The first kappa shape index (κ1) is 17.4. The van der Waals surface area contributed by atoms with Crippen LogP contribution in [0.3, 0.4) is 0 Å². The van der Waals surface area contributed by atoms with Crippen molar-refractivity contribution in [1.29, 1.82) is 0 Å². The summed E-state index contributed by atoms with van der Waals surface area (Å²) < 4.78 is 13.4. The van der Waals surface area contributed by atoms with E-state index < -0.39 is 17.4 Å².